The molecular formula is C21H27N3O5. The highest BCUT2D eigenvalue weighted by Crippen LogP contribution is 2.35. The summed E-state index contributed by atoms with van der Waals surface area (Å²) < 4.78 is 5.22. The molecule has 1 aliphatic heterocycles. The number of carbonyl (C=O) groups excluding carboxylic acids is 2. The Bertz CT molecular complexity index is 806. The molecule has 1 saturated heterocycles. The molecule has 1 aromatic carbocycles. The number of nitrogens with zero attached hydrogens (tertiary/aromatic N) is 2. The van der Waals surface area contributed by atoms with Gasteiger partial charge in [-0.1, -0.05) is 12.8 Å². The van der Waals surface area contributed by atoms with Crippen LogP contribution in [-0.2, 0) is 9.53 Å². The summed E-state index contributed by atoms with van der Waals surface area (Å²) in [6.07, 6.45) is 8.67. The van der Waals surface area contributed by atoms with Crippen molar-refractivity contribution in [3.05, 3.63) is 33.9 Å². The number of rotatable bonds is 6. The maximum absolute atomic E-state index is 12.7. The summed E-state index contributed by atoms with van der Waals surface area (Å²) >= 11 is 0. The average Bonchev–Trinajstić information content (AvgIpc) is 3.55. The molecule has 2 aliphatic carbocycles. The van der Waals surface area contributed by atoms with Crippen molar-refractivity contribution >= 4 is 23.3 Å². The van der Waals surface area contributed by atoms with E-state index in [1.165, 1.54) is 37.5 Å². The van der Waals surface area contributed by atoms with Crippen molar-refractivity contribution in [2.24, 2.45) is 5.92 Å². The molecule has 1 amide bonds. The van der Waals surface area contributed by atoms with Crippen LogP contribution in [-0.4, -0.2) is 46.9 Å². The second-order valence-corrected chi connectivity index (χ2v) is 8.33. The largest absolute Gasteiger partial charge is 0.452 e. The summed E-state index contributed by atoms with van der Waals surface area (Å²) in [5.74, 6) is -0.320. The summed E-state index contributed by atoms with van der Waals surface area (Å²) in [5, 5.41) is 14.5. The number of esters is 1. The molecule has 0 spiro atoms. The quantitative estimate of drug-likeness (QED) is 0.445. The normalized spacial score (nSPS) is 23.8. The van der Waals surface area contributed by atoms with Gasteiger partial charge in [-0.25, -0.2) is 4.79 Å². The molecule has 8 nitrogen and oxygen atoms in total. The minimum absolute atomic E-state index is 0.0834. The van der Waals surface area contributed by atoms with Crippen LogP contribution in [0.2, 0.25) is 0 Å². The zero-order valence-electron chi connectivity index (χ0n) is 16.5. The van der Waals surface area contributed by atoms with Crippen LogP contribution < -0.4 is 5.32 Å². The molecule has 1 heterocycles. The highest BCUT2D eigenvalue weighted by atomic mass is 16.6. The van der Waals surface area contributed by atoms with Crippen LogP contribution >= 0.6 is 0 Å². The van der Waals surface area contributed by atoms with Gasteiger partial charge >= 0.3 is 5.97 Å². The monoisotopic (exact) mass is 401 g/mol. The Morgan fingerprint density at radius 3 is 2.66 bits per heavy atom. The first kappa shape index (κ1) is 19.7. The van der Waals surface area contributed by atoms with Crippen LogP contribution in [0.5, 0.6) is 0 Å². The third-order valence-corrected chi connectivity index (χ3v) is 6.26. The van der Waals surface area contributed by atoms with Crippen LogP contribution in [0.1, 0.15) is 61.7 Å². The van der Waals surface area contributed by atoms with E-state index in [2.05, 4.69) is 5.32 Å². The second kappa shape index (κ2) is 8.39. The number of anilines is 1. The Hall–Kier alpha value is -2.64. The number of nitro benzene ring substituents is 1. The molecule has 0 bridgehead atoms. The number of nitrogens with one attached hydrogen (secondary N) is 1. The van der Waals surface area contributed by atoms with Gasteiger partial charge in [-0.3, -0.25) is 14.9 Å². The van der Waals surface area contributed by atoms with E-state index in [0.29, 0.717) is 18.2 Å². The number of amides is 1. The van der Waals surface area contributed by atoms with E-state index >= 15 is 0 Å². The van der Waals surface area contributed by atoms with Crippen LogP contribution in [0.15, 0.2) is 18.2 Å². The molecule has 3 fully saturated rings. The highest BCUT2D eigenvalue weighted by molar-refractivity contribution is 5.93. The Labute approximate surface area is 169 Å². The maximum atomic E-state index is 12.7. The summed E-state index contributed by atoms with van der Waals surface area (Å²) in [4.78, 5) is 37.8. The number of benzene rings is 1. The molecule has 0 unspecified atom stereocenters. The van der Waals surface area contributed by atoms with E-state index in [-0.39, 0.29) is 35.8 Å². The number of hydrogen-bond donors (Lipinski definition) is 1. The lowest BCUT2D eigenvalue weighted by Gasteiger charge is -2.44. The number of nitro groups is 1. The molecular weight excluding hydrogens is 374 g/mol. The predicted octanol–water partition coefficient (Wildman–Crippen LogP) is 3.51. The molecule has 8 heteroatoms. The summed E-state index contributed by atoms with van der Waals surface area (Å²) in [5.41, 5.74) is 0.334. The number of ether oxygens (including phenoxy) is 1. The molecule has 1 aromatic rings. The van der Waals surface area contributed by atoms with E-state index in [9.17, 15) is 19.7 Å². The van der Waals surface area contributed by atoms with Gasteiger partial charge in [-0.2, -0.15) is 0 Å². The lowest BCUT2D eigenvalue weighted by atomic mass is 9.78. The minimum Gasteiger partial charge on any atom is -0.452 e. The molecule has 0 radical (unpaired) electrons. The molecule has 156 valence electrons. The second-order valence-electron chi connectivity index (χ2n) is 8.33. The van der Waals surface area contributed by atoms with Crippen molar-refractivity contribution in [3.8, 4) is 0 Å². The summed E-state index contributed by atoms with van der Waals surface area (Å²) in [7, 11) is 0. The topological polar surface area (TPSA) is 102 Å². The first-order chi connectivity index (χ1) is 14.0. The van der Waals surface area contributed by atoms with Crippen LogP contribution in [0.3, 0.4) is 0 Å². The molecule has 2 saturated carbocycles. The first-order valence-corrected chi connectivity index (χ1v) is 10.5. The van der Waals surface area contributed by atoms with Gasteiger partial charge in [-0.15, -0.1) is 0 Å². The van der Waals surface area contributed by atoms with Gasteiger partial charge in [-0.05, 0) is 56.6 Å². The Balaban J connectivity index is 1.38. The van der Waals surface area contributed by atoms with Gasteiger partial charge in [0.25, 0.3) is 11.6 Å². The molecule has 3 aliphatic rings. The van der Waals surface area contributed by atoms with Crippen molar-refractivity contribution in [2.45, 2.75) is 63.5 Å². The van der Waals surface area contributed by atoms with Crippen molar-refractivity contribution in [1.82, 2.24) is 4.90 Å². The fourth-order valence-electron chi connectivity index (χ4n) is 4.61. The van der Waals surface area contributed by atoms with Gasteiger partial charge < -0.3 is 15.0 Å². The average molecular weight is 401 g/mol. The van der Waals surface area contributed by atoms with Gasteiger partial charge in [0.1, 0.15) is 5.69 Å². The van der Waals surface area contributed by atoms with Gasteiger partial charge in [0, 0.05) is 24.7 Å². The van der Waals surface area contributed by atoms with E-state index in [0.717, 1.165) is 32.1 Å². The number of carbonyl (C=O) groups is 2. The molecule has 4 rings (SSSR count). The third kappa shape index (κ3) is 4.52. The fourth-order valence-corrected chi connectivity index (χ4v) is 4.61. The van der Waals surface area contributed by atoms with Gasteiger partial charge in [0.15, 0.2) is 6.61 Å². The number of likely N-dealkylation sites (tertiary alicyclic amines) is 1. The molecule has 2 atom stereocenters. The summed E-state index contributed by atoms with van der Waals surface area (Å²) in [6, 6.07) is 4.78. The maximum Gasteiger partial charge on any atom is 0.338 e. The highest BCUT2D eigenvalue weighted by Gasteiger charge is 2.36. The SMILES string of the molecule is O=C(OCC(=O)N1CCC[C@@H]2CCCC[C@H]21)c1ccc(NC2CC2)c([N+](=O)[O-])c1. The van der Waals surface area contributed by atoms with Crippen molar-refractivity contribution in [1.29, 1.82) is 0 Å². The first-order valence-electron chi connectivity index (χ1n) is 10.5. The Kier molecular flexibility index (Phi) is 5.69. The Morgan fingerprint density at radius 2 is 1.90 bits per heavy atom. The lowest BCUT2D eigenvalue weighted by Crippen LogP contribution is -2.50. The third-order valence-electron chi connectivity index (χ3n) is 6.26. The zero-order valence-corrected chi connectivity index (χ0v) is 16.5. The fraction of sp³-hybridized carbons (Fsp3) is 0.619. The van der Waals surface area contributed by atoms with E-state index in [1.807, 2.05) is 4.90 Å². The number of fused-ring (bicyclic) bond motifs is 1. The van der Waals surface area contributed by atoms with Gasteiger partial charge in [0.05, 0.1) is 10.5 Å². The standard InChI is InChI=1S/C21H27N3O5/c25-20(23-11-3-5-14-4-1-2-6-18(14)23)13-29-21(26)15-7-10-17(22-16-8-9-16)19(12-15)24(27)28/h7,10,12,14,16,18,22H,1-6,8-9,11,13H2/t14-,18+/m0/s1. The van der Waals surface area contributed by atoms with Crippen molar-refractivity contribution in [2.75, 3.05) is 18.5 Å². The van der Waals surface area contributed by atoms with E-state index in [4.69, 9.17) is 4.74 Å². The van der Waals surface area contributed by atoms with Crippen molar-refractivity contribution < 1.29 is 19.2 Å². The molecule has 0 aromatic heterocycles. The van der Waals surface area contributed by atoms with Crippen molar-refractivity contribution in [3.63, 3.8) is 0 Å². The summed E-state index contributed by atoms with van der Waals surface area (Å²) in [6.45, 7) is 0.391. The van der Waals surface area contributed by atoms with Gasteiger partial charge in [0.2, 0.25) is 0 Å². The van der Waals surface area contributed by atoms with Crippen LogP contribution in [0.4, 0.5) is 11.4 Å². The van der Waals surface area contributed by atoms with Crippen LogP contribution in [0, 0.1) is 16.0 Å². The zero-order chi connectivity index (χ0) is 20.4. The number of hydrogen-bond acceptors (Lipinski definition) is 6. The predicted molar refractivity (Wildman–Crippen MR) is 107 cm³/mol. The van der Waals surface area contributed by atoms with E-state index < -0.39 is 10.9 Å². The molecule has 1 N–H and O–H groups in total. The van der Waals surface area contributed by atoms with E-state index in [1.54, 1.807) is 0 Å². The smallest absolute Gasteiger partial charge is 0.338 e. The lowest BCUT2D eigenvalue weighted by molar-refractivity contribution is -0.384. The molecule has 29 heavy (non-hydrogen) atoms. The number of piperidine rings is 1. The Morgan fingerprint density at radius 1 is 1.14 bits per heavy atom. The minimum atomic E-state index is -0.711. The van der Waals surface area contributed by atoms with Crippen LogP contribution in [0.25, 0.3) is 0 Å².